The number of aliphatic carboxylic acids is 1. The predicted molar refractivity (Wildman–Crippen MR) is 75.4 cm³/mol. The molecule has 2 atom stereocenters. The topological polar surface area (TPSA) is 67.2 Å². The number of rotatable bonds is 5. The molecule has 5 nitrogen and oxygen atoms in total. The molecule has 0 saturated heterocycles. The van der Waals surface area contributed by atoms with Crippen LogP contribution in [0, 0.1) is 0 Å². The summed E-state index contributed by atoms with van der Waals surface area (Å²) in [6, 6.07) is 0. The smallest absolute Gasteiger partial charge is 0.323 e. The van der Waals surface area contributed by atoms with E-state index >= 15 is 0 Å². The number of carboxylic acids is 1. The number of aryl methyl sites for hydroxylation is 1. The zero-order valence-electron chi connectivity index (χ0n) is 11.4. The first-order valence-corrected chi connectivity index (χ1v) is 7.57. The molecule has 1 saturated carbocycles. The van der Waals surface area contributed by atoms with Crippen LogP contribution in [0.25, 0.3) is 0 Å². The summed E-state index contributed by atoms with van der Waals surface area (Å²) in [4.78, 5) is 12.7. The normalized spacial score (nSPS) is 27.4. The molecular formula is C13H21N3O2S. The minimum absolute atomic E-state index is 0.341. The van der Waals surface area contributed by atoms with E-state index in [-0.39, 0.29) is 0 Å². The molecule has 19 heavy (non-hydrogen) atoms. The number of thioether (sulfide) groups is 1. The van der Waals surface area contributed by atoms with Gasteiger partial charge in [-0.1, -0.05) is 6.92 Å². The van der Waals surface area contributed by atoms with Gasteiger partial charge in [0.15, 0.2) is 0 Å². The fourth-order valence-corrected chi connectivity index (χ4v) is 4.10. The van der Waals surface area contributed by atoms with Crippen LogP contribution in [0.2, 0.25) is 0 Å². The van der Waals surface area contributed by atoms with Crippen molar-refractivity contribution in [3.63, 3.8) is 0 Å². The van der Waals surface area contributed by atoms with Gasteiger partial charge in [0.2, 0.25) is 0 Å². The molecule has 1 fully saturated rings. The summed E-state index contributed by atoms with van der Waals surface area (Å²) in [5.74, 6) is -0.717. The molecule has 0 aliphatic heterocycles. The minimum Gasteiger partial charge on any atom is -0.480 e. The standard InChI is InChI=1S/C13H21N3O2S/c1-3-14-13(12(17)18)6-4-5-10(7-13)19-11-8-15-16(2)9-11/h8-10,14H,3-7H2,1-2H3,(H,17,18). The van der Waals surface area contributed by atoms with Crippen LogP contribution in [0.4, 0.5) is 0 Å². The number of aromatic nitrogens is 2. The Morgan fingerprint density at radius 3 is 3.11 bits per heavy atom. The summed E-state index contributed by atoms with van der Waals surface area (Å²) in [5, 5.41) is 17.2. The highest BCUT2D eigenvalue weighted by Gasteiger charge is 2.42. The summed E-state index contributed by atoms with van der Waals surface area (Å²) in [6.07, 6.45) is 7.25. The van der Waals surface area contributed by atoms with Crippen LogP contribution < -0.4 is 5.32 Å². The second-order valence-corrected chi connectivity index (χ2v) is 6.48. The van der Waals surface area contributed by atoms with Gasteiger partial charge in [-0.3, -0.25) is 9.48 Å². The Balaban J connectivity index is 2.05. The number of nitrogens with zero attached hydrogens (tertiary/aromatic N) is 2. The second-order valence-electron chi connectivity index (χ2n) is 5.10. The van der Waals surface area contributed by atoms with Gasteiger partial charge < -0.3 is 10.4 Å². The number of likely N-dealkylation sites (N-methyl/N-ethyl adjacent to an activating group) is 1. The van der Waals surface area contributed by atoms with Crippen LogP contribution in [0.15, 0.2) is 17.3 Å². The maximum absolute atomic E-state index is 11.6. The number of hydrogen-bond acceptors (Lipinski definition) is 4. The predicted octanol–water partition coefficient (Wildman–Crippen LogP) is 1.89. The van der Waals surface area contributed by atoms with Gasteiger partial charge in [0.25, 0.3) is 0 Å². The highest BCUT2D eigenvalue weighted by Crippen LogP contribution is 2.38. The lowest BCUT2D eigenvalue weighted by atomic mass is 9.81. The molecule has 0 bridgehead atoms. The van der Waals surface area contributed by atoms with Crippen molar-refractivity contribution in [2.75, 3.05) is 6.54 Å². The van der Waals surface area contributed by atoms with E-state index < -0.39 is 11.5 Å². The molecule has 2 rings (SSSR count). The molecule has 2 N–H and O–H groups in total. The van der Waals surface area contributed by atoms with E-state index in [0.29, 0.717) is 18.2 Å². The first-order valence-electron chi connectivity index (χ1n) is 6.69. The third kappa shape index (κ3) is 3.30. The van der Waals surface area contributed by atoms with Gasteiger partial charge in [-0.25, -0.2) is 0 Å². The molecule has 1 heterocycles. The number of carbonyl (C=O) groups is 1. The molecule has 6 heteroatoms. The molecular weight excluding hydrogens is 262 g/mol. The molecule has 0 radical (unpaired) electrons. The average Bonchev–Trinajstić information content (AvgIpc) is 2.75. The van der Waals surface area contributed by atoms with Crippen LogP contribution in [0.5, 0.6) is 0 Å². The van der Waals surface area contributed by atoms with E-state index in [1.165, 1.54) is 0 Å². The minimum atomic E-state index is -0.743. The van der Waals surface area contributed by atoms with Crippen LogP contribution in [-0.4, -0.2) is 38.2 Å². The van der Waals surface area contributed by atoms with Crippen molar-refractivity contribution >= 4 is 17.7 Å². The van der Waals surface area contributed by atoms with E-state index in [1.807, 2.05) is 26.4 Å². The molecule has 2 unspecified atom stereocenters. The van der Waals surface area contributed by atoms with Crippen LogP contribution in [0.1, 0.15) is 32.6 Å². The zero-order valence-corrected chi connectivity index (χ0v) is 12.2. The van der Waals surface area contributed by atoms with Crippen LogP contribution in [-0.2, 0) is 11.8 Å². The van der Waals surface area contributed by atoms with E-state index in [2.05, 4.69) is 10.4 Å². The second kappa shape index (κ2) is 5.96. The van der Waals surface area contributed by atoms with Crippen molar-refractivity contribution in [1.29, 1.82) is 0 Å². The number of hydrogen-bond donors (Lipinski definition) is 2. The fraction of sp³-hybridized carbons (Fsp3) is 0.692. The van der Waals surface area contributed by atoms with Crippen molar-refractivity contribution < 1.29 is 9.90 Å². The van der Waals surface area contributed by atoms with E-state index in [4.69, 9.17) is 0 Å². The molecule has 1 aromatic rings. The van der Waals surface area contributed by atoms with E-state index in [9.17, 15) is 9.90 Å². The Labute approximate surface area is 117 Å². The first kappa shape index (κ1) is 14.4. The summed E-state index contributed by atoms with van der Waals surface area (Å²) >= 11 is 1.74. The number of carboxylic acid groups (broad SMARTS) is 1. The van der Waals surface area contributed by atoms with Gasteiger partial charge >= 0.3 is 5.97 Å². The lowest BCUT2D eigenvalue weighted by Crippen LogP contribution is -2.55. The highest BCUT2D eigenvalue weighted by molar-refractivity contribution is 8.00. The molecule has 1 aromatic heterocycles. The zero-order chi connectivity index (χ0) is 13.9. The SMILES string of the molecule is CCNC1(C(=O)O)CCCC(Sc2cnn(C)c2)C1. The summed E-state index contributed by atoms with van der Waals surface area (Å²) in [5.41, 5.74) is -0.743. The van der Waals surface area contributed by atoms with Gasteiger partial charge in [0, 0.05) is 23.4 Å². The van der Waals surface area contributed by atoms with Gasteiger partial charge in [-0.05, 0) is 32.2 Å². The Morgan fingerprint density at radius 2 is 2.53 bits per heavy atom. The molecule has 1 aliphatic rings. The third-order valence-corrected chi connectivity index (χ3v) is 4.83. The quantitative estimate of drug-likeness (QED) is 0.864. The lowest BCUT2D eigenvalue weighted by Gasteiger charge is -2.37. The van der Waals surface area contributed by atoms with E-state index in [1.54, 1.807) is 16.4 Å². The van der Waals surface area contributed by atoms with Crippen molar-refractivity contribution in [1.82, 2.24) is 15.1 Å². The van der Waals surface area contributed by atoms with Crippen LogP contribution >= 0.6 is 11.8 Å². The van der Waals surface area contributed by atoms with E-state index in [0.717, 1.165) is 24.2 Å². The molecule has 0 amide bonds. The first-order chi connectivity index (χ1) is 9.05. The van der Waals surface area contributed by atoms with Crippen molar-refractivity contribution in [2.45, 2.75) is 48.3 Å². The van der Waals surface area contributed by atoms with Gasteiger partial charge in [0.05, 0.1) is 6.20 Å². The average molecular weight is 283 g/mol. The van der Waals surface area contributed by atoms with Gasteiger partial charge in [-0.2, -0.15) is 5.10 Å². The molecule has 0 spiro atoms. The third-order valence-electron chi connectivity index (χ3n) is 3.61. The largest absolute Gasteiger partial charge is 0.480 e. The summed E-state index contributed by atoms with van der Waals surface area (Å²) < 4.78 is 1.78. The Hall–Kier alpha value is -1.01. The number of nitrogens with one attached hydrogen (secondary N) is 1. The monoisotopic (exact) mass is 283 g/mol. The van der Waals surface area contributed by atoms with Gasteiger partial charge in [0.1, 0.15) is 5.54 Å². The Kier molecular flexibility index (Phi) is 4.52. The molecule has 106 valence electrons. The fourth-order valence-electron chi connectivity index (χ4n) is 2.75. The lowest BCUT2D eigenvalue weighted by molar-refractivity contribution is -0.146. The molecule has 1 aliphatic carbocycles. The van der Waals surface area contributed by atoms with Crippen molar-refractivity contribution in [2.24, 2.45) is 7.05 Å². The van der Waals surface area contributed by atoms with Crippen LogP contribution in [0.3, 0.4) is 0 Å². The van der Waals surface area contributed by atoms with Crippen molar-refractivity contribution in [3.8, 4) is 0 Å². The summed E-state index contributed by atoms with van der Waals surface area (Å²) in [7, 11) is 1.89. The van der Waals surface area contributed by atoms with Crippen molar-refractivity contribution in [3.05, 3.63) is 12.4 Å². The Bertz CT molecular complexity index is 445. The summed E-state index contributed by atoms with van der Waals surface area (Å²) in [6.45, 7) is 2.65. The Morgan fingerprint density at radius 1 is 1.74 bits per heavy atom. The maximum Gasteiger partial charge on any atom is 0.323 e. The van der Waals surface area contributed by atoms with Gasteiger partial charge in [-0.15, -0.1) is 11.8 Å². The maximum atomic E-state index is 11.6. The highest BCUT2D eigenvalue weighted by atomic mass is 32.2. The molecule has 0 aromatic carbocycles.